The number of anilines is 2. The lowest BCUT2D eigenvalue weighted by Gasteiger charge is -2.23. The van der Waals surface area contributed by atoms with Crippen LogP contribution in [0, 0.1) is 5.21 Å². The standard InChI is InChI=1S/C27H19ClN3O9S2/c1-40-20-12-15(4-11-19(20)32)23-22(24(33)14-2-5-16(28)6-3-14)25(34)26(35)30(23)27-29-13-21(41-27)42(38,39)18-9-7-17(8-10-18)31(36)37/h2-13,23,32-33,36H,1H3/q-1. The summed E-state index contributed by atoms with van der Waals surface area (Å²) in [6, 6.07) is 13.1. The second-order valence-electron chi connectivity index (χ2n) is 8.84. The molecule has 3 aromatic carbocycles. The fourth-order valence-corrected chi connectivity index (χ4v) is 7.00. The predicted molar refractivity (Wildman–Crippen MR) is 153 cm³/mol. The molecule has 1 fully saturated rings. The van der Waals surface area contributed by atoms with E-state index in [1.165, 1.54) is 49.6 Å². The molecule has 216 valence electrons. The largest absolute Gasteiger partial charge is 0.733 e. The summed E-state index contributed by atoms with van der Waals surface area (Å²) >= 11 is 6.56. The third kappa shape index (κ3) is 5.06. The number of nitrogens with zero attached hydrogens (tertiary/aromatic N) is 3. The zero-order valence-electron chi connectivity index (χ0n) is 21.3. The van der Waals surface area contributed by atoms with Crippen LogP contribution in [-0.2, 0) is 19.4 Å². The molecule has 2 heterocycles. The number of halogens is 1. The first-order valence-corrected chi connectivity index (χ1v) is 14.5. The highest BCUT2D eigenvalue weighted by Crippen LogP contribution is 2.45. The third-order valence-corrected chi connectivity index (χ3v) is 9.87. The molecule has 1 aliphatic rings. The maximum absolute atomic E-state index is 13.4. The van der Waals surface area contributed by atoms with Gasteiger partial charge in [0, 0.05) is 10.6 Å². The molecule has 1 aliphatic heterocycles. The van der Waals surface area contributed by atoms with E-state index in [1.807, 2.05) is 0 Å². The number of hydrogen-bond donors (Lipinski definition) is 3. The van der Waals surface area contributed by atoms with Crippen molar-refractivity contribution in [1.29, 1.82) is 0 Å². The summed E-state index contributed by atoms with van der Waals surface area (Å²) in [5.74, 6) is -2.84. The summed E-state index contributed by atoms with van der Waals surface area (Å²) < 4.78 is 31.5. The van der Waals surface area contributed by atoms with Gasteiger partial charge in [0.2, 0.25) is 9.84 Å². The molecule has 0 aliphatic carbocycles. The molecule has 3 N–H and O–H groups in total. The SMILES string of the molecule is COc1cc(C2C(=C(O)c3ccc(Cl)cc3)C(=O)C(=O)N2c2ncc(S(=O)(=O)c3ccc(N([O-])O)cc3)s2)ccc1O. The molecule has 15 heteroatoms. The first kappa shape index (κ1) is 29.0. The van der Waals surface area contributed by atoms with Gasteiger partial charge in [0.15, 0.2) is 16.6 Å². The van der Waals surface area contributed by atoms with Gasteiger partial charge in [-0.25, -0.2) is 13.4 Å². The Kier molecular flexibility index (Phi) is 7.66. The Bertz CT molecular complexity index is 1840. The topological polar surface area (TPSA) is 181 Å². The second kappa shape index (κ2) is 11.1. The summed E-state index contributed by atoms with van der Waals surface area (Å²) in [4.78, 5) is 31.7. The van der Waals surface area contributed by atoms with Gasteiger partial charge in [-0.3, -0.25) is 19.7 Å². The zero-order valence-corrected chi connectivity index (χ0v) is 23.7. The van der Waals surface area contributed by atoms with Gasteiger partial charge >= 0.3 is 5.91 Å². The van der Waals surface area contributed by atoms with Crippen molar-refractivity contribution in [2.45, 2.75) is 15.1 Å². The average molecular weight is 629 g/mol. The lowest BCUT2D eigenvalue weighted by molar-refractivity contribution is -0.132. The highest BCUT2D eigenvalue weighted by atomic mass is 35.5. The van der Waals surface area contributed by atoms with Crippen molar-refractivity contribution < 1.29 is 38.2 Å². The summed E-state index contributed by atoms with van der Waals surface area (Å²) in [7, 11) is -2.88. The molecule has 4 aromatic rings. The molecule has 12 nitrogen and oxygen atoms in total. The summed E-state index contributed by atoms with van der Waals surface area (Å²) in [6.45, 7) is 0. The summed E-state index contributed by atoms with van der Waals surface area (Å²) in [5, 5.41) is 41.2. The Hall–Kier alpha value is -4.47. The lowest BCUT2D eigenvalue weighted by Crippen LogP contribution is -2.29. The van der Waals surface area contributed by atoms with E-state index in [4.69, 9.17) is 21.5 Å². The molecule has 0 spiro atoms. The number of phenolic OH excluding ortho intramolecular Hbond substituents is 1. The molecular weight excluding hydrogens is 610 g/mol. The van der Waals surface area contributed by atoms with Crippen molar-refractivity contribution in [2.24, 2.45) is 0 Å². The van der Waals surface area contributed by atoms with Gasteiger partial charge in [0.05, 0.1) is 35.5 Å². The van der Waals surface area contributed by atoms with Crippen molar-refractivity contribution in [1.82, 2.24) is 4.98 Å². The van der Waals surface area contributed by atoms with Crippen LogP contribution in [0.5, 0.6) is 11.5 Å². The molecule has 1 unspecified atom stereocenters. The molecular formula is C27H19ClN3O9S2-. The third-order valence-electron chi connectivity index (χ3n) is 6.39. The maximum atomic E-state index is 13.4. The Morgan fingerprint density at radius 2 is 1.76 bits per heavy atom. The lowest BCUT2D eigenvalue weighted by atomic mass is 9.95. The second-order valence-corrected chi connectivity index (χ2v) is 12.5. The molecule has 0 radical (unpaired) electrons. The van der Waals surface area contributed by atoms with Crippen molar-refractivity contribution in [2.75, 3.05) is 17.2 Å². The number of ether oxygens (including phenoxy) is 1. The van der Waals surface area contributed by atoms with E-state index >= 15 is 0 Å². The number of amides is 1. The minimum absolute atomic E-state index is 0.0231. The number of aliphatic hydroxyl groups is 1. The number of ketones is 1. The molecule has 5 rings (SSSR count). The van der Waals surface area contributed by atoms with Gasteiger partial charge in [-0.05, 0) is 66.2 Å². The first-order valence-electron chi connectivity index (χ1n) is 11.8. The van der Waals surface area contributed by atoms with Gasteiger partial charge < -0.3 is 25.4 Å². The number of thiazole rings is 1. The van der Waals surface area contributed by atoms with Crippen LogP contribution in [0.4, 0.5) is 10.8 Å². The smallest absolute Gasteiger partial charge is 0.301 e. The van der Waals surface area contributed by atoms with Crippen molar-refractivity contribution in [3.05, 3.63) is 99.9 Å². The molecule has 1 saturated heterocycles. The Balaban J connectivity index is 1.64. The first-order chi connectivity index (χ1) is 19.9. The Labute approximate surface area is 247 Å². The van der Waals surface area contributed by atoms with Crippen LogP contribution in [0.25, 0.3) is 5.76 Å². The number of hydrogen-bond acceptors (Lipinski definition) is 12. The molecule has 0 bridgehead atoms. The van der Waals surface area contributed by atoms with E-state index in [0.29, 0.717) is 16.4 Å². The number of aromatic hydroxyl groups is 1. The fraction of sp³-hybridized carbons (Fsp3) is 0.0741. The molecule has 1 amide bonds. The monoisotopic (exact) mass is 628 g/mol. The van der Waals surface area contributed by atoms with Crippen molar-refractivity contribution >= 4 is 61.0 Å². The Morgan fingerprint density at radius 3 is 2.38 bits per heavy atom. The number of benzene rings is 3. The van der Waals surface area contributed by atoms with Crippen LogP contribution in [-0.4, -0.2) is 47.6 Å². The number of sulfone groups is 1. The zero-order chi connectivity index (χ0) is 30.3. The van der Waals surface area contributed by atoms with Crippen molar-refractivity contribution in [3.8, 4) is 11.5 Å². The molecule has 1 atom stereocenters. The van der Waals surface area contributed by atoms with Crippen LogP contribution >= 0.6 is 22.9 Å². The summed E-state index contributed by atoms with van der Waals surface area (Å²) in [5.41, 5.74) is -0.0530. The molecule has 42 heavy (non-hydrogen) atoms. The van der Waals surface area contributed by atoms with E-state index in [2.05, 4.69) is 4.98 Å². The normalized spacial score (nSPS) is 16.6. The number of carbonyl (C=O) groups is 2. The quantitative estimate of drug-likeness (QED) is 0.112. The van der Waals surface area contributed by atoms with Gasteiger partial charge in [0.25, 0.3) is 5.78 Å². The van der Waals surface area contributed by atoms with Gasteiger partial charge in [-0.1, -0.05) is 29.0 Å². The van der Waals surface area contributed by atoms with E-state index in [-0.39, 0.29) is 48.1 Å². The van der Waals surface area contributed by atoms with Crippen LogP contribution in [0.1, 0.15) is 17.2 Å². The van der Waals surface area contributed by atoms with Gasteiger partial charge in [0.1, 0.15) is 9.97 Å². The highest BCUT2D eigenvalue weighted by molar-refractivity contribution is 7.93. The van der Waals surface area contributed by atoms with Gasteiger partial charge in [-0.2, -0.15) is 0 Å². The van der Waals surface area contributed by atoms with Gasteiger partial charge in [-0.15, -0.1) is 0 Å². The Morgan fingerprint density at radius 1 is 1.10 bits per heavy atom. The maximum Gasteiger partial charge on any atom is 0.301 e. The fourth-order valence-electron chi connectivity index (χ4n) is 4.33. The highest BCUT2D eigenvalue weighted by Gasteiger charge is 2.48. The van der Waals surface area contributed by atoms with E-state index in [9.17, 15) is 33.4 Å². The number of aliphatic hydroxyl groups excluding tert-OH is 1. The predicted octanol–water partition coefficient (Wildman–Crippen LogP) is 4.66. The number of carbonyl (C=O) groups excluding carboxylic acids is 2. The van der Waals surface area contributed by atoms with Crippen LogP contribution in [0.15, 0.2) is 87.6 Å². The van der Waals surface area contributed by atoms with Crippen LogP contribution < -0.4 is 14.9 Å². The van der Waals surface area contributed by atoms with Crippen LogP contribution in [0.3, 0.4) is 0 Å². The molecule has 0 saturated carbocycles. The average Bonchev–Trinajstić information content (AvgIpc) is 3.57. The minimum Gasteiger partial charge on any atom is -0.733 e. The van der Waals surface area contributed by atoms with Crippen molar-refractivity contribution in [3.63, 3.8) is 0 Å². The molecule has 1 aromatic heterocycles. The number of methoxy groups -OCH3 is 1. The summed E-state index contributed by atoms with van der Waals surface area (Å²) in [6.07, 6.45) is 1.02. The van der Waals surface area contributed by atoms with E-state index < -0.39 is 38.6 Å². The van der Waals surface area contributed by atoms with E-state index in [1.54, 1.807) is 0 Å². The number of Topliss-reactive ketones (excluding diaryl/α,β-unsaturated/α-hetero) is 1. The van der Waals surface area contributed by atoms with Crippen LogP contribution in [0.2, 0.25) is 5.02 Å². The van der Waals surface area contributed by atoms with E-state index in [0.717, 1.165) is 35.4 Å². The number of aromatic nitrogens is 1. The number of rotatable bonds is 7. The number of phenols is 1. The minimum atomic E-state index is -4.19.